The van der Waals surface area contributed by atoms with Gasteiger partial charge in [0.05, 0.1) is 25.4 Å². The Kier molecular flexibility index (Phi) is 37.4. The van der Waals surface area contributed by atoms with Crippen LogP contribution in [-0.2, 0) is 37.5 Å². The van der Waals surface area contributed by atoms with Crippen molar-refractivity contribution in [2.75, 3.05) is 19.8 Å². The zero-order chi connectivity index (χ0) is 44.5. The summed E-state index contributed by atoms with van der Waals surface area (Å²) in [5, 5.41) is 29.2. The quantitative estimate of drug-likeness (QED) is 0.0128. The molecule has 0 aliphatic rings. The maximum absolute atomic E-state index is 12.6. The Morgan fingerprint density at radius 2 is 1.13 bits per heavy atom. The molecule has 0 spiro atoms. The SMILES string of the molecule is CCCCC/C=C\C/C=C\C/C=C\CCCCCCC(=O)O[C@H](COC(=O)CCC[C@H](O)\C=C/C=C/C=C/[C@H](O)C/C=C\CCCCC)COP(=O)(O)OC[C@H](N)C(=O)O. The molecule has 0 bridgehead atoms. The second-order valence-corrected chi connectivity index (χ2v) is 16.0. The Balaban J connectivity index is 4.68. The van der Waals surface area contributed by atoms with Crippen LogP contribution in [0.3, 0.4) is 0 Å². The first-order valence-electron chi connectivity index (χ1n) is 21.8. The van der Waals surface area contributed by atoms with E-state index in [1.165, 1.54) is 32.1 Å². The Hall–Kier alpha value is -3.42. The number of aliphatic hydroxyl groups is 2. The number of carboxylic acids is 1. The molecule has 6 N–H and O–H groups in total. The number of esters is 2. The molecule has 0 aromatic rings. The molecule has 0 aliphatic heterocycles. The zero-order valence-electron chi connectivity index (χ0n) is 36.2. The third-order valence-electron chi connectivity index (χ3n) is 8.81. The van der Waals surface area contributed by atoms with E-state index < -0.39 is 69.9 Å². The van der Waals surface area contributed by atoms with Crippen LogP contribution in [0.5, 0.6) is 0 Å². The van der Waals surface area contributed by atoms with Gasteiger partial charge in [0.1, 0.15) is 12.6 Å². The molecule has 0 aliphatic carbocycles. The first-order valence-corrected chi connectivity index (χ1v) is 23.3. The van der Waals surface area contributed by atoms with Crippen molar-refractivity contribution in [3.63, 3.8) is 0 Å². The van der Waals surface area contributed by atoms with Gasteiger partial charge in [-0.25, -0.2) is 4.57 Å². The maximum Gasteiger partial charge on any atom is 0.472 e. The van der Waals surface area contributed by atoms with E-state index in [4.69, 9.17) is 24.8 Å². The van der Waals surface area contributed by atoms with Crippen LogP contribution in [0.4, 0.5) is 0 Å². The van der Waals surface area contributed by atoms with Crippen molar-refractivity contribution in [2.45, 2.75) is 167 Å². The van der Waals surface area contributed by atoms with Crippen molar-refractivity contribution in [1.29, 1.82) is 0 Å². The molecule has 14 heteroatoms. The fourth-order valence-electron chi connectivity index (χ4n) is 5.26. The summed E-state index contributed by atoms with van der Waals surface area (Å²) >= 11 is 0. The van der Waals surface area contributed by atoms with Crippen molar-refractivity contribution in [1.82, 2.24) is 0 Å². The van der Waals surface area contributed by atoms with E-state index in [0.717, 1.165) is 57.8 Å². The fraction of sp³-hybridized carbons (Fsp3) is 0.630. The summed E-state index contributed by atoms with van der Waals surface area (Å²) in [6, 6.07) is -1.57. The number of nitrogens with two attached hydrogens (primary N) is 1. The third kappa shape index (κ3) is 38.8. The average molecular weight is 866 g/mol. The molecule has 0 fully saturated rings. The number of aliphatic carboxylic acids is 1. The number of carbonyl (C=O) groups excluding carboxylic acids is 2. The number of hydrogen-bond donors (Lipinski definition) is 5. The summed E-state index contributed by atoms with van der Waals surface area (Å²) in [4.78, 5) is 46.0. The molecule has 5 atom stereocenters. The van der Waals surface area contributed by atoms with E-state index in [9.17, 15) is 34.1 Å². The number of ether oxygens (including phenoxy) is 2. The summed E-state index contributed by atoms with van der Waals surface area (Å²) in [6.07, 6.45) is 41.3. The topological polar surface area (TPSA) is 212 Å². The molecule has 0 aromatic carbocycles. The van der Waals surface area contributed by atoms with E-state index in [2.05, 4.69) is 60.9 Å². The molecule has 0 saturated carbocycles. The van der Waals surface area contributed by atoms with Crippen molar-refractivity contribution in [2.24, 2.45) is 5.73 Å². The van der Waals surface area contributed by atoms with Crippen LogP contribution in [0.2, 0.25) is 0 Å². The second kappa shape index (κ2) is 39.7. The summed E-state index contributed by atoms with van der Waals surface area (Å²) < 4.78 is 32.5. The van der Waals surface area contributed by atoms with Gasteiger partial charge in [-0.2, -0.15) is 0 Å². The second-order valence-electron chi connectivity index (χ2n) is 14.5. The molecular weight excluding hydrogens is 789 g/mol. The molecule has 1 unspecified atom stereocenters. The van der Waals surface area contributed by atoms with E-state index in [1.807, 2.05) is 6.08 Å². The smallest absolute Gasteiger partial charge is 0.472 e. The van der Waals surface area contributed by atoms with Gasteiger partial charge >= 0.3 is 25.7 Å². The number of phosphoric ester groups is 1. The Labute approximate surface area is 359 Å². The summed E-state index contributed by atoms with van der Waals surface area (Å²) in [5.74, 6) is -2.69. The Morgan fingerprint density at radius 1 is 0.617 bits per heavy atom. The first kappa shape index (κ1) is 56.6. The lowest BCUT2D eigenvalue weighted by atomic mass is 10.1. The molecule has 0 heterocycles. The Morgan fingerprint density at radius 3 is 1.73 bits per heavy atom. The highest BCUT2D eigenvalue weighted by Gasteiger charge is 2.28. The van der Waals surface area contributed by atoms with Gasteiger partial charge < -0.3 is 35.4 Å². The van der Waals surface area contributed by atoms with Crippen LogP contribution in [0, 0.1) is 0 Å². The van der Waals surface area contributed by atoms with Gasteiger partial charge in [-0.3, -0.25) is 23.4 Å². The minimum Gasteiger partial charge on any atom is -0.480 e. The number of carboxylic acid groups (broad SMARTS) is 1. The molecule has 0 amide bonds. The summed E-state index contributed by atoms with van der Waals surface area (Å²) in [7, 11) is -4.79. The highest BCUT2D eigenvalue weighted by molar-refractivity contribution is 7.47. The minimum absolute atomic E-state index is 0.0483. The largest absolute Gasteiger partial charge is 0.480 e. The van der Waals surface area contributed by atoms with Crippen molar-refractivity contribution >= 4 is 25.7 Å². The summed E-state index contributed by atoms with van der Waals surface area (Å²) in [6.45, 7) is 2.42. The van der Waals surface area contributed by atoms with Crippen LogP contribution >= 0.6 is 7.82 Å². The van der Waals surface area contributed by atoms with Gasteiger partial charge in [-0.05, 0) is 77.0 Å². The van der Waals surface area contributed by atoms with E-state index in [1.54, 1.807) is 36.5 Å². The number of carbonyl (C=O) groups is 3. The van der Waals surface area contributed by atoms with Crippen LogP contribution in [0.1, 0.15) is 142 Å². The van der Waals surface area contributed by atoms with Gasteiger partial charge in [-0.1, -0.05) is 137 Å². The minimum atomic E-state index is -4.79. The van der Waals surface area contributed by atoms with Gasteiger partial charge in [0.15, 0.2) is 6.10 Å². The van der Waals surface area contributed by atoms with E-state index >= 15 is 0 Å². The third-order valence-corrected chi connectivity index (χ3v) is 9.76. The lowest BCUT2D eigenvalue weighted by Crippen LogP contribution is -2.34. The van der Waals surface area contributed by atoms with Gasteiger partial charge in [0, 0.05) is 12.8 Å². The van der Waals surface area contributed by atoms with Crippen LogP contribution in [0.25, 0.3) is 0 Å². The normalized spacial score (nSPS) is 15.6. The molecule has 0 radical (unpaired) electrons. The molecule has 60 heavy (non-hydrogen) atoms. The molecule has 0 saturated heterocycles. The number of aliphatic hydroxyl groups excluding tert-OH is 2. The molecule has 0 aromatic heterocycles. The number of allylic oxidation sites excluding steroid dienone is 11. The monoisotopic (exact) mass is 866 g/mol. The predicted octanol–water partition coefficient (Wildman–Crippen LogP) is 9.44. The summed E-state index contributed by atoms with van der Waals surface area (Å²) in [5.41, 5.74) is 5.32. The molecule has 342 valence electrons. The van der Waals surface area contributed by atoms with Gasteiger partial charge in [0.2, 0.25) is 0 Å². The fourth-order valence-corrected chi connectivity index (χ4v) is 6.04. The van der Waals surface area contributed by atoms with Crippen LogP contribution in [-0.4, -0.2) is 82.3 Å². The van der Waals surface area contributed by atoms with Gasteiger partial charge in [0.25, 0.3) is 0 Å². The first-order chi connectivity index (χ1) is 28.9. The van der Waals surface area contributed by atoms with Crippen LogP contribution < -0.4 is 5.73 Å². The van der Waals surface area contributed by atoms with Crippen molar-refractivity contribution in [3.05, 3.63) is 85.1 Å². The van der Waals surface area contributed by atoms with Gasteiger partial charge in [-0.15, -0.1) is 0 Å². The predicted molar refractivity (Wildman–Crippen MR) is 238 cm³/mol. The van der Waals surface area contributed by atoms with Crippen molar-refractivity contribution in [3.8, 4) is 0 Å². The molecule has 13 nitrogen and oxygen atoms in total. The lowest BCUT2D eigenvalue weighted by Gasteiger charge is -2.20. The molecular formula is C46H76NO12P. The number of rotatable bonds is 39. The number of phosphoric acid groups is 1. The number of unbranched alkanes of at least 4 members (excludes halogenated alkanes) is 10. The maximum atomic E-state index is 12.6. The van der Waals surface area contributed by atoms with Crippen LogP contribution in [0.15, 0.2) is 85.1 Å². The van der Waals surface area contributed by atoms with Crippen molar-refractivity contribution < 1.29 is 57.7 Å². The Bertz CT molecular complexity index is 1370. The van der Waals surface area contributed by atoms with E-state index in [0.29, 0.717) is 19.3 Å². The zero-order valence-corrected chi connectivity index (χ0v) is 37.1. The highest BCUT2D eigenvalue weighted by Crippen LogP contribution is 2.43. The molecule has 0 rings (SSSR count). The standard InChI is InChI=1S/C46H76NO12P/c1-3-5-7-9-11-12-13-14-15-16-17-18-19-20-21-23-29-35-45(51)59-42(38-57-60(54,55)58-39-43(47)46(52)53)37-56-44(50)36-30-34-41(49)33-28-25-24-27-32-40(48)31-26-22-10-8-6-4-2/h11-12,14-15,17-18,22,24-28,32-33,40-43,48-49H,3-10,13,16,19-21,23,29-31,34-39,47H2,1-2H3,(H,52,53)(H,54,55)/b12-11-,15-14-,18-17-,25-24+,26-22-,32-27+,33-28-/t40-,41-,42-,43+/m1/s1. The number of hydrogen-bond acceptors (Lipinski definition) is 11. The van der Waals surface area contributed by atoms with E-state index in [-0.39, 0.29) is 19.3 Å². The lowest BCUT2D eigenvalue weighted by molar-refractivity contribution is -0.161. The highest BCUT2D eigenvalue weighted by atomic mass is 31.2. The average Bonchev–Trinajstić information content (AvgIpc) is 3.21.